The van der Waals surface area contributed by atoms with Crippen molar-refractivity contribution in [2.45, 2.75) is 82.6 Å². The highest BCUT2D eigenvalue weighted by Crippen LogP contribution is 2.30. The van der Waals surface area contributed by atoms with Crippen LogP contribution < -0.4 is 11.5 Å². The van der Waals surface area contributed by atoms with E-state index in [1.807, 2.05) is 91.0 Å². The number of carbonyl (C=O) groups excluding carboxylic acids is 1. The van der Waals surface area contributed by atoms with E-state index in [0.717, 1.165) is 16.7 Å². The molecule has 6 atom stereocenters. The number of rotatable bonds is 11. The maximum atomic E-state index is 12.6. The van der Waals surface area contributed by atoms with E-state index < -0.39 is 48.0 Å². The molecule has 3 aromatic rings. The summed E-state index contributed by atoms with van der Waals surface area (Å²) in [6.07, 6.45) is -0.728. The summed E-state index contributed by atoms with van der Waals surface area (Å²) < 4.78 is 24.7. The molecule has 4 rings (SSSR count). The molecule has 0 amide bonds. The third kappa shape index (κ3) is 9.05. The molecule has 0 heterocycles. The second-order valence-electron chi connectivity index (χ2n) is 11.2. The molecule has 1 fully saturated rings. The standard InChI is InChI=1S/C33H41N3O5/c1-33(2,3)41-26(37)19-36-29-31(39-21-24-15-9-5-10-16-24)27(34)30(38-20-23-13-7-4-8-14-23)28(35)32(29)40-22-25-17-11-6-12-18-25/h4-19,27-32H,20-22,34-35H2,1-3H3/t27-,28+,29-,30+,31-,32+. The summed E-state index contributed by atoms with van der Waals surface area (Å²) in [5.41, 5.74) is 16.0. The second kappa shape index (κ2) is 14.5. The van der Waals surface area contributed by atoms with E-state index in [1.54, 1.807) is 20.8 Å². The molecule has 0 aliphatic heterocycles. The number of nitrogens with two attached hydrogens (primary N) is 2. The maximum absolute atomic E-state index is 12.6. The van der Waals surface area contributed by atoms with Crippen molar-refractivity contribution in [2.75, 3.05) is 0 Å². The molecule has 4 N–H and O–H groups in total. The second-order valence-corrected chi connectivity index (χ2v) is 11.2. The Morgan fingerprint density at radius 3 is 1.41 bits per heavy atom. The molecular weight excluding hydrogens is 518 g/mol. The number of esters is 1. The highest BCUT2D eigenvalue weighted by atomic mass is 16.6. The van der Waals surface area contributed by atoms with Crippen LogP contribution in [0, 0.1) is 0 Å². The Labute approximate surface area is 242 Å². The van der Waals surface area contributed by atoms with Crippen LogP contribution in [-0.2, 0) is 43.6 Å². The van der Waals surface area contributed by atoms with Gasteiger partial charge in [0.15, 0.2) is 0 Å². The molecule has 8 heteroatoms. The summed E-state index contributed by atoms with van der Waals surface area (Å²) in [7, 11) is 0. The minimum Gasteiger partial charge on any atom is -0.456 e. The number of nitrogens with zero attached hydrogens (tertiary/aromatic N) is 1. The summed E-state index contributed by atoms with van der Waals surface area (Å²) >= 11 is 0. The quantitative estimate of drug-likeness (QED) is 0.267. The molecule has 0 aromatic heterocycles. The van der Waals surface area contributed by atoms with Crippen molar-refractivity contribution in [3.05, 3.63) is 108 Å². The van der Waals surface area contributed by atoms with Crippen LogP contribution in [0.25, 0.3) is 0 Å². The third-order valence-corrected chi connectivity index (χ3v) is 6.81. The molecule has 1 aliphatic rings. The predicted octanol–water partition coefficient (Wildman–Crippen LogP) is 4.19. The van der Waals surface area contributed by atoms with E-state index in [2.05, 4.69) is 4.99 Å². The van der Waals surface area contributed by atoms with Crippen LogP contribution in [0.4, 0.5) is 0 Å². The SMILES string of the molecule is CC(C)(C)OC(=O)C=N[C@@H]1[C@H](OCc2ccccc2)[C@H](N)[C@H](OCc2ccccc2)[C@H](N)[C@@H]1OCc1ccccc1. The molecule has 3 aromatic carbocycles. The first-order chi connectivity index (χ1) is 19.7. The average Bonchev–Trinajstić information content (AvgIpc) is 2.96. The fraction of sp³-hybridized carbons (Fsp3) is 0.394. The number of carbonyl (C=O) groups is 1. The zero-order valence-electron chi connectivity index (χ0n) is 24.0. The first kappa shape index (κ1) is 30.6. The van der Waals surface area contributed by atoms with Crippen molar-refractivity contribution in [3.8, 4) is 0 Å². The molecule has 0 spiro atoms. The molecule has 0 unspecified atom stereocenters. The van der Waals surface area contributed by atoms with Gasteiger partial charge in [-0.15, -0.1) is 0 Å². The first-order valence-corrected chi connectivity index (χ1v) is 13.9. The molecule has 8 nitrogen and oxygen atoms in total. The van der Waals surface area contributed by atoms with E-state index >= 15 is 0 Å². The summed E-state index contributed by atoms with van der Waals surface area (Å²) in [5.74, 6) is -0.564. The largest absolute Gasteiger partial charge is 0.456 e. The van der Waals surface area contributed by atoms with E-state index in [1.165, 1.54) is 6.21 Å². The summed E-state index contributed by atoms with van der Waals surface area (Å²) in [6.45, 7) is 6.33. The Kier molecular flexibility index (Phi) is 10.8. The maximum Gasteiger partial charge on any atom is 0.349 e. The summed E-state index contributed by atoms with van der Waals surface area (Å²) in [5, 5.41) is 0. The Balaban J connectivity index is 1.63. The zero-order chi connectivity index (χ0) is 29.2. The van der Waals surface area contributed by atoms with Gasteiger partial charge in [0.1, 0.15) is 30.1 Å². The van der Waals surface area contributed by atoms with E-state index in [0.29, 0.717) is 19.8 Å². The van der Waals surface area contributed by atoms with Gasteiger partial charge < -0.3 is 30.4 Å². The van der Waals surface area contributed by atoms with E-state index in [4.69, 9.17) is 30.4 Å². The smallest absolute Gasteiger partial charge is 0.349 e. The molecule has 0 radical (unpaired) electrons. The number of hydrogen-bond donors (Lipinski definition) is 2. The van der Waals surface area contributed by atoms with Gasteiger partial charge in [-0.05, 0) is 37.5 Å². The molecule has 1 aliphatic carbocycles. The van der Waals surface area contributed by atoms with Gasteiger partial charge in [0.25, 0.3) is 0 Å². The first-order valence-electron chi connectivity index (χ1n) is 13.9. The van der Waals surface area contributed by atoms with Crippen molar-refractivity contribution < 1.29 is 23.7 Å². The van der Waals surface area contributed by atoms with E-state index in [9.17, 15) is 4.79 Å². The topological polar surface area (TPSA) is 118 Å². The van der Waals surface area contributed by atoms with Crippen molar-refractivity contribution in [1.29, 1.82) is 0 Å². The lowest BCUT2D eigenvalue weighted by molar-refractivity contribution is -0.147. The zero-order valence-corrected chi connectivity index (χ0v) is 24.0. The third-order valence-electron chi connectivity index (χ3n) is 6.81. The highest BCUT2D eigenvalue weighted by molar-refractivity contribution is 6.23. The predicted molar refractivity (Wildman–Crippen MR) is 159 cm³/mol. The van der Waals surface area contributed by atoms with Crippen molar-refractivity contribution in [2.24, 2.45) is 16.5 Å². The molecular formula is C33H41N3O5. The van der Waals surface area contributed by atoms with Gasteiger partial charge in [-0.25, -0.2) is 4.79 Å². The van der Waals surface area contributed by atoms with Gasteiger partial charge in [0.2, 0.25) is 0 Å². The number of aliphatic imine (C=N–C) groups is 1. The van der Waals surface area contributed by atoms with Gasteiger partial charge >= 0.3 is 5.97 Å². The Morgan fingerprint density at radius 1 is 0.683 bits per heavy atom. The highest BCUT2D eigenvalue weighted by Gasteiger charge is 2.50. The fourth-order valence-corrected chi connectivity index (χ4v) is 4.86. The van der Waals surface area contributed by atoms with Crippen LogP contribution in [0.3, 0.4) is 0 Å². The van der Waals surface area contributed by atoms with Crippen molar-refractivity contribution in [1.82, 2.24) is 0 Å². The number of ether oxygens (including phenoxy) is 4. The Morgan fingerprint density at radius 2 is 1.05 bits per heavy atom. The molecule has 0 saturated heterocycles. The van der Waals surface area contributed by atoms with Gasteiger partial charge in [-0.2, -0.15) is 0 Å². The Bertz CT molecular complexity index is 1180. The van der Waals surface area contributed by atoms with Gasteiger partial charge in [0.05, 0.1) is 38.0 Å². The van der Waals surface area contributed by atoms with E-state index in [-0.39, 0.29) is 0 Å². The average molecular weight is 560 g/mol. The molecule has 0 bridgehead atoms. The van der Waals surface area contributed by atoms with Gasteiger partial charge in [-0.1, -0.05) is 91.0 Å². The number of hydrogen-bond acceptors (Lipinski definition) is 8. The van der Waals surface area contributed by atoms with Gasteiger partial charge in [0, 0.05) is 0 Å². The van der Waals surface area contributed by atoms with Crippen molar-refractivity contribution in [3.63, 3.8) is 0 Å². The number of benzene rings is 3. The van der Waals surface area contributed by atoms with Crippen LogP contribution in [0.2, 0.25) is 0 Å². The van der Waals surface area contributed by atoms with Crippen LogP contribution in [-0.4, -0.2) is 54.2 Å². The van der Waals surface area contributed by atoms with Gasteiger partial charge in [-0.3, -0.25) is 4.99 Å². The lowest BCUT2D eigenvalue weighted by atomic mass is 9.80. The van der Waals surface area contributed by atoms with Crippen LogP contribution in [0.15, 0.2) is 96.0 Å². The normalized spacial score (nSPS) is 24.8. The monoisotopic (exact) mass is 559 g/mol. The van der Waals surface area contributed by atoms with Crippen LogP contribution in [0.5, 0.6) is 0 Å². The Hall–Kier alpha value is -3.40. The van der Waals surface area contributed by atoms with Crippen LogP contribution >= 0.6 is 0 Å². The fourth-order valence-electron chi connectivity index (χ4n) is 4.86. The summed E-state index contributed by atoms with van der Waals surface area (Å²) in [4.78, 5) is 17.3. The van der Waals surface area contributed by atoms with Crippen molar-refractivity contribution >= 4 is 12.2 Å². The summed E-state index contributed by atoms with van der Waals surface area (Å²) in [6, 6.07) is 27.5. The molecule has 41 heavy (non-hydrogen) atoms. The molecule has 1 saturated carbocycles. The minimum atomic E-state index is -0.684. The molecule has 218 valence electrons. The van der Waals surface area contributed by atoms with Crippen LogP contribution in [0.1, 0.15) is 37.5 Å². The minimum absolute atomic E-state index is 0.295. The lowest BCUT2D eigenvalue weighted by Crippen LogP contribution is -2.70. The lowest BCUT2D eigenvalue weighted by Gasteiger charge is -2.47.